The second kappa shape index (κ2) is 5.56. The summed E-state index contributed by atoms with van der Waals surface area (Å²) in [6, 6.07) is 7.69. The second-order valence-electron chi connectivity index (χ2n) is 4.20. The summed E-state index contributed by atoms with van der Waals surface area (Å²) in [5.41, 5.74) is 2.02. The van der Waals surface area contributed by atoms with Crippen molar-refractivity contribution < 1.29 is 13.9 Å². The molecule has 0 fully saturated rings. The summed E-state index contributed by atoms with van der Waals surface area (Å²) in [6.07, 6.45) is 1.25. The van der Waals surface area contributed by atoms with Gasteiger partial charge in [0, 0.05) is 25.3 Å². The van der Waals surface area contributed by atoms with Gasteiger partial charge >= 0.3 is 5.97 Å². The van der Waals surface area contributed by atoms with Crippen LogP contribution in [0.3, 0.4) is 0 Å². The number of hydrogen-bond donors (Lipinski definition) is 0. The fraction of sp³-hybridized carbons (Fsp3) is 0.286. The number of carbonyl (C=O) groups is 1. The molecule has 0 aliphatic heterocycles. The van der Waals surface area contributed by atoms with E-state index in [0.717, 1.165) is 11.3 Å². The number of rotatable bonds is 4. The van der Waals surface area contributed by atoms with Crippen molar-refractivity contribution in [3.63, 3.8) is 0 Å². The van der Waals surface area contributed by atoms with Crippen molar-refractivity contribution in [3.8, 4) is 11.3 Å². The molecule has 19 heavy (non-hydrogen) atoms. The molecule has 0 atom stereocenters. The summed E-state index contributed by atoms with van der Waals surface area (Å²) in [6.45, 7) is 2.06. The average molecular weight is 260 g/mol. The van der Waals surface area contributed by atoms with Crippen LogP contribution < -0.4 is 4.90 Å². The van der Waals surface area contributed by atoms with E-state index in [9.17, 15) is 4.79 Å². The second-order valence-corrected chi connectivity index (χ2v) is 4.20. The van der Waals surface area contributed by atoms with Crippen LogP contribution in [0.15, 0.2) is 35.1 Å². The van der Waals surface area contributed by atoms with E-state index < -0.39 is 5.97 Å². The molecule has 0 radical (unpaired) electrons. The summed E-state index contributed by atoms with van der Waals surface area (Å²) < 4.78 is 10.3. The van der Waals surface area contributed by atoms with Gasteiger partial charge in [-0.15, -0.1) is 0 Å². The van der Waals surface area contributed by atoms with Crippen LogP contribution in [0.4, 0.5) is 5.69 Å². The summed E-state index contributed by atoms with van der Waals surface area (Å²) in [5.74, 6) is -0.0383. The van der Waals surface area contributed by atoms with Crippen LogP contribution in [-0.4, -0.2) is 31.7 Å². The molecule has 1 aromatic carbocycles. The van der Waals surface area contributed by atoms with Crippen molar-refractivity contribution >= 4 is 11.7 Å². The first-order chi connectivity index (χ1) is 9.13. The Bertz CT molecular complexity index is 576. The van der Waals surface area contributed by atoms with Crippen LogP contribution in [0.25, 0.3) is 11.3 Å². The van der Waals surface area contributed by atoms with E-state index in [4.69, 9.17) is 9.15 Å². The maximum Gasteiger partial charge on any atom is 0.360 e. The molecule has 0 saturated carbocycles. The Morgan fingerprint density at radius 2 is 2.21 bits per heavy atom. The van der Waals surface area contributed by atoms with Crippen molar-refractivity contribution in [1.82, 2.24) is 4.98 Å². The van der Waals surface area contributed by atoms with Gasteiger partial charge < -0.3 is 14.1 Å². The Kier molecular flexibility index (Phi) is 3.85. The zero-order valence-electron chi connectivity index (χ0n) is 11.2. The van der Waals surface area contributed by atoms with Crippen molar-refractivity contribution in [2.75, 3.05) is 25.6 Å². The third-order valence-electron chi connectivity index (χ3n) is 2.66. The predicted molar refractivity (Wildman–Crippen MR) is 72.2 cm³/mol. The van der Waals surface area contributed by atoms with Gasteiger partial charge in [0.05, 0.1) is 6.61 Å². The lowest BCUT2D eigenvalue weighted by Gasteiger charge is -2.13. The minimum Gasteiger partial charge on any atom is -0.461 e. The molecule has 1 heterocycles. The molecule has 0 spiro atoms. The molecule has 2 rings (SSSR count). The zero-order chi connectivity index (χ0) is 13.8. The molecule has 2 aromatic rings. The highest BCUT2D eigenvalue weighted by atomic mass is 16.5. The molecule has 0 amide bonds. The van der Waals surface area contributed by atoms with Crippen molar-refractivity contribution in [2.24, 2.45) is 0 Å². The molecular weight excluding hydrogens is 244 g/mol. The van der Waals surface area contributed by atoms with Crippen molar-refractivity contribution in [1.29, 1.82) is 0 Å². The van der Waals surface area contributed by atoms with Crippen LogP contribution in [0.1, 0.15) is 17.4 Å². The summed E-state index contributed by atoms with van der Waals surface area (Å²) in [7, 11) is 3.90. The molecule has 0 saturated heterocycles. The Labute approximate surface area is 111 Å². The van der Waals surface area contributed by atoms with Crippen LogP contribution in [0.2, 0.25) is 0 Å². The van der Waals surface area contributed by atoms with Gasteiger partial charge in [-0.1, -0.05) is 12.1 Å². The first kappa shape index (κ1) is 13.1. The van der Waals surface area contributed by atoms with Crippen LogP contribution in [0, 0.1) is 0 Å². The third-order valence-corrected chi connectivity index (χ3v) is 2.66. The first-order valence-corrected chi connectivity index (χ1v) is 6.02. The predicted octanol–water partition coefficient (Wildman–Crippen LogP) is 2.58. The first-order valence-electron chi connectivity index (χ1n) is 6.02. The molecule has 0 unspecified atom stereocenters. The van der Waals surface area contributed by atoms with E-state index >= 15 is 0 Å². The molecule has 5 nitrogen and oxygen atoms in total. The molecule has 0 bridgehead atoms. The maximum atomic E-state index is 11.8. The van der Waals surface area contributed by atoms with Crippen LogP contribution in [0.5, 0.6) is 0 Å². The quantitative estimate of drug-likeness (QED) is 0.791. The number of ether oxygens (including phenoxy) is 1. The summed E-state index contributed by atoms with van der Waals surface area (Å²) >= 11 is 0. The van der Waals surface area contributed by atoms with Gasteiger partial charge in [-0.2, -0.15) is 0 Å². The number of oxazole rings is 1. The SMILES string of the molecule is CCOC(=O)c1ncoc1-c1cccc(N(C)C)c1. The molecule has 5 heteroatoms. The van der Waals surface area contributed by atoms with Gasteiger partial charge in [0.1, 0.15) is 0 Å². The number of hydrogen-bond acceptors (Lipinski definition) is 5. The summed E-state index contributed by atoms with van der Waals surface area (Å²) in [5, 5.41) is 0. The van der Waals surface area contributed by atoms with Gasteiger partial charge in [0.15, 0.2) is 17.8 Å². The average Bonchev–Trinajstić information content (AvgIpc) is 2.88. The lowest BCUT2D eigenvalue weighted by Crippen LogP contribution is -2.09. The zero-order valence-corrected chi connectivity index (χ0v) is 11.2. The highest BCUT2D eigenvalue weighted by Gasteiger charge is 2.19. The van der Waals surface area contributed by atoms with Crippen molar-refractivity contribution in [3.05, 3.63) is 36.4 Å². The number of anilines is 1. The standard InChI is InChI=1S/C14H16N2O3/c1-4-18-14(17)12-13(19-9-15-12)10-6-5-7-11(8-10)16(2)3/h5-9H,4H2,1-3H3. The van der Waals surface area contributed by atoms with Crippen LogP contribution >= 0.6 is 0 Å². The molecule has 1 aromatic heterocycles. The highest BCUT2D eigenvalue weighted by Crippen LogP contribution is 2.26. The topological polar surface area (TPSA) is 55.6 Å². The monoisotopic (exact) mass is 260 g/mol. The van der Waals surface area contributed by atoms with Gasteiger partial charge in [0.2, 0.25) is 0 Å². The minimum absolute atomic E-state index is 0.206. The Morgan fingerprint density at radius 1 is 1.42 bits per heavy atom. The fourth-order valence-corrected chi connectivity index (χ4v) is 1.72. The van der Waals surface area contributed by atoms with Gasteiger partial charge in [-0.25, -0.2) is 9.78 Å². The maximum absolute atomic E-state index is 11.8. The van der Waals surface area contributed by atoms with E-state index in [-0.39, 0.29) is 5.69 Å². The van der Waals surface area contributed by atoms with E-state index in [0.29, 0.717) is 12.4 Å². The summed E-state index contributed by atoms with van der Waals surface area (Å²) in [4.78, 5) is 17.7. The Hall–Kier alpha value is -2.30. The number of aromatic nitrogens is 1. The van der Waals surface area contributed by atoms with Crippen LogP contribution in [-0.2, 0) is 4.74 Å². The van der Waals surface area contributed by atoms with E-state index in [1.54, 1.807) is 6.92 Å². The number of nitrogens with zero attached hydrogens (tertiary/aromatic N) is 2. The Morgan fingerprint density at radius 3 is 2.89 bits per heavy atom. The third kappa shape index (κ3) is 2.76. The van der Waals surface area contributed by atoms with Gasteiger partial charge in [-0.3, -0.25) is 0 Å². The number of esters is 1. The molecule has 0 aliphatic rings. The fourth-order valence-electron chi connectivity index (χ4n) is 1.72. The van der Waals surface area contributed by atoms with E-state index in [2.05, 4.69) is 4.98 Å². The molecule has 0 aliphatic carbocycles. The Balaban J connectivity index is 2.40. The lowest BCUT2D eigenvalue weighted by molar-refractivity contribution is 0.0520. The number of benzene rings is 1. The van der Waals surface area contributed by atoms with Crippen molar-refractivity contribution in [2.45, 2.75) is 6.92 Å². The van der Waals surface area contributed by atoms with Gasteiger partial charge in [-0.05, 0) is 19.1 Å². The lowest BCUT2D eigenvalue weighted by atomic mass is 10.1. The van der Waals surface area contributed by atoms with E-state index in [1.165, 1.54) is 6.39 Å². The smallest absolute Gasteiger partial charge is 0.360 e. The highest BCUT2D eigenvalue weighted by molar-refractivity contribution is 5.93. The number of carbonyl (C=O) groups excluding carboxylic acids is 1. The molecular formula is C14H16N2O3. The van der Waals surface area contributed by atoms with Gasteiger partial charge in [0.25, 0.3) is 0 Å². The largest absolute Gasteiger partial charge is 0.461 e. The minimum atomic E-state index is -0.471. The molecule has 0 N–H and O–H groups in total. The van der Waals surface area contributed by atoms with E-state index in [1.807, 2.05) is 43.3 Å². The molecule has 100 valence electrons. The normalized spacial score (nSPS) is 10.3.